The van der Waals surface area contributed by atoms with Crippen molar-refractivity contribution in [1.29, 1.82) is 0 Å². The van der Waals surface area contributed by atoms with Crippen LogP contribution in [0.15, 0.2) is 29.3 Å². The minimum atomic E-state index is -4.45. The Balaban J connectivity index is 1.75. The number of halogens is 3. The van der Waals surface area contributed by atoms with Crippen LogP contribution in [0.2, 0.25) is 0 Å². The summed E-state index contributed by atoms with van der Waals surface area (Å²) in [5, 5.41) is 6.34. The van der Waals surface area contributed by atoms with E-state index in [1.165, 1.54) is 18.2 Å². The van der Waals surface area contributed by atoms with Gasteiger partial charge in [0.05, 0.1) is 12.1 Å². The SMILES string of the molecule is CN=C(NCCOc1ccccc1C(F)(F)F)NC1CCN(C(=O)C(C)C)CC1. The van der Waals surface area contributed by atoms with Gasteiger partial charge in [-0.15, -0.1) is 0 Å². The number of nitrogens with one attached hydrogen (secondary N) is 2. The van der Waals surface area contributed by atoms with Crippen molar-refractivity contribution in [3.05, 3.63) is 29.8 Å². The highest BCUT2D eigenvalue weighted by molar-refractivity contribution is 5.80. The van der Waals surface area contributed by atoms with Gasteiger partial charge in [-0.05, 0) is 25.0 Å². The number of para-hydroxylation sites is 1. The largest absolute Gasteiger partial charge is 0.491 e. The third-order valence-corrected chi connectivity index (χ3v) is 4.71. The Hall–Kier alpha value is -2.45. The second-order valence-electron chi connectivity index (χ2n) is 7.24. The molecule has 2 N–H and O–H groups in total. The van der Waals surface area contributed by atoms with Crippen LogP contribution >= 0.6 is 0 Å². The van der Waals surface area contributed by atoms with Crippen molar-refractivity contribution >= 4 is 11.9 Å². The summed E-state index contributed by atoms with van der Waals surface area (Å²) in [7, 11) is 1.63. The van der Waals surface area contributed by atoms with Crippen molar-refractivity contribution in [3.8, 4) is 5.75 Å². The number of benzene rings is 1. The van der Waals surface area contributed by atoms with Crippen LogP contribution in [-0.4, -0.2) is 56.1 Å². The van der Waals surface area contributed by atoms with Crippen LogP contribution in [0.4, 0.5) is 13.2 Å². The molecule has 1 fully saturated rings. The average molecular weight is 414 g/mol. The molecule has 162 valence electrons. The Morgan fingerprint density at radius 2 is 1.93 bits per heavy atom. The summed E-state index contributed by atoms with van der Waals surface area (Å²) in [4.78, 5) is 18.1. The van der Waals surface area contributed by atoms with Gasteiger partial charge in [0.2, 0.25) is 5.91 Å². The molecule has 0 atom stereocenters. The molecule has 2 rings (SSSR count). The highest BCUT2D eigenvalue weighted by atomic mass is 19.4. The highest BCUT2D eigenvalue weighted by Gasteiger charge is 2.34. The van der Waals surface area contributed by atoms with Crippen LogP contribution in [-0.2, 0) is 11.0 Å². The average Bonchev–Trinajstić information content (AvgIpc) is 2.69. The lowest BCUT2D eigenvalue weighted by Gasteiger charge is -2.34. The molecule has 0 bridgehead atoms. The minimum absolute atomic E-state index is 0.00332. The molecule has 0 saturated carbocycles. The van der Waals surface area contributed by atoms with Crippen molar-refractivity contribution in [2.45, 2.75) is 38.9 Å². The number of carbonyl (C=O) groups excluding carboxylic acids is 1. The van der Waals surface area contributed by atoms with Crippen LogP contribution in [0, 0.1) is 5.92 Å². The van der Waals surface area contributed by atoms with E-state index in [4.69, 9.17) is 4.74 Å². The predicted octanol–water partition coefficient (Wildman–Crippen LogP) is 2.90. The van der Waals surface area contributed by atoms with E-state index in [0.717, 1.165) is 18.9 Å². The minimum Gasteiger partial charge on any atom is -0.491 e. The Labute approximate surface area is 169 Å². The Bertz CT molecular complexity index is 699. The number of ether oxygens (including phenoxy) is 1. The van der Waals surface area contributed by atoms with Gasteiger partial charge in [-0.3, -0.25) is 9.79 Å². The predicted molar refractivity (Wildman–Crippen MR) is 106 cm³/mol. The first-order valence-corrected chi connectivity index (χ1v) is 9.77. The van der Waals surface area contributed by atoms with Gasteiger partial charge < -0.3 is 20.3 Å². The van der Waals surface area contributed by atoms with E-state index >= 15 is 0 Å². The molecule has 1 heterocycles. The first-order valence-electron chi connectivity index (χ1n) is 9.77. The molecule has 1 aromatic rings. The third-order valence-electron chi connectivity index (χ3n) is 4.71. The van der Waals surface area contributed by atoms with Crippen molar-refractivity contribution in [3.63, 3.8) is 0 Å². The summed E-state index contributed by atoms with van der Waals surface area (Å²) >= 11 is 0. The van der Waals surface area contributed by atoms with E-state index in [2.05, 4.69) is 15.6 Å². The summed E-state index contributed by atoms with van der Waals surface area (Å²) in [6.07, 6.45) is -2.82. The first kappa shape index (κ1) is 22.8. The Morgan fingerprint density at radius 3 is 2.52 bits per heavy atom. The summed E-state index contributed by atoms with van der Waals surface area (Å²) < 4.78 is 44.2. The molecule has 1 aromatic carbocycles. The maximum absolute atomic E-state index is 13.0. The van der Waals surface area contributed by atoms with E-state index in [1.807, 2.05) is 18.7 Å². The van der Waals surface area contributed by atoms with E-state index in [-0.39, 0.29) is 30.2 Å². The normalized spacial score (nSPS) is 16.1. The number of piperidine rings is 1. The second-order valence-corrected chi connectivity index (χ2v) is 7.24. The lowest BCUT2D eigenvalue weighted by atomic mass is 10.0. The fraction of sp³-hybridized carbons (Fsp3) is 0.600. The zero-order chi connectivity index (χ0) is 21.4. The summed E-state index contributed by atoms with van der Waals surface area (Å²) in [5.41, 5.74) is -0.787. The van der Waals surface area contributed by atoms with Gasteiger partial charge in [0.1, 0.15) is 12.4 Å². The summed E-state index contributed by atoms with van der Waals surface area (Å²) in [5.74, 6) is 0.539. The Kier molecular flexibility index (Phi) is 8.16. The standard InChI is InChI=1S/C20H29F3N4O2/c1-14(2)18(28)27-11-8-15(9-12-27)26-19(24-3)25-10-13-29-17-7-5-4-6-16(17)20(21,22)23/h4-7,14-15H,8-13H2,1-3H3,(H2,24,25,26). The van der Waals surface area contributed by atoms with E-state index in [0.29, 0.717) is 25.6 Å². The van der Waals surface area contributed by atoms with Crippen molar-refractivity contribution in [2.24, 2.45) is 10.9 Å². The van der Waals surface area contributed by atoms with Crippen molar-refractivity contribution < 1.29 is 22.7 Å². The molecule has 0 spiro atoms. The van der Waals surface area contributed by atoms with Gasteiger partial charge in [-0.1, -0.05) is 26.0 Å². The number of hydrogen-bond donors (Lipinski definition) is 2. The van der Waals surface area contributed by atoms with E-state index < -0.39 is 11.7 Å². The number of alkyl halides is 3. The number of hydrogen-bond acceptors (Lipinski definition) is 3. The Morgan fingerprint density at radius 1 is 1.28 bits per heavy atom. The molecule has 1 aliphatic heterocycles. The van der Waals surface area contributed by atoms with Gasteiger partial charge in [0, 0.05) is 32.1 Å². The molecule has 1 aliphatic rings. The lowest BCUT2D eigenvalue weighted by molar-refractivity contribution is -0.139. The fourth-order valence-corrected chi connectivity index (χ4v) is 3.15. The number of aliphatic imine (C=N–C) groups is 1. The molecule has 6 nitrogen and oxygen atoms in total. The fourth-order valence-electron chi connectivity index (χ4n) is 3.15. The monoisotopic (exact) mass is 414 g/mol. The molecule has 1 amide bonds. The maximum atomic E-state index is 13.0. The molecular formula is C20H29F3N4O2. The number of likely N-dealkylation sites (tertiary alicyclic amines) is 1. The van der Waals surface area contributed by atoms with Crippen LogP contribution in [0.1, 0.15) is 32.3 Å². The van der Waals surface area contributed by atoms with Crippen LogP contribution in [0.5, 0.6) is 5.75 Å². The van der Waals surface area contributed by atoms with Crippen molar-refractivity contribution in [2.75, 3.05) is 33.3 Å². The molecule has 0 aromatic heterocycles. The number of guanidine groups is 1. The third kappa shape index (κ3) is 6.83. The molecule has 0 unspecified atom stereocenters. The summed E-state index contributed by atoms with van der Waals surface area (Å²) in [6, 6.07) is 5.33. The van der Waals surface area contributed by atoms with E-state index in [9.17, 15) is 18.0 Å². The highest BCUT2D eigenvalue weighted by Crippen LogP contribution is 2.35. The smallest absolute Gasteiger partial charge is 0.419 e. The second kappa shape index (κ2) is 10.4. The van der Waals surface area contributed by atoms with Crippen molar-refractivity contribution in [1.82, 2.24) is 15.5 Å². The topological polar surface area (TPSA) is 66.0 Å². The maximum Gasteiger partial charge on any atom is 0.419 e. The molecule has 0 radical (unpaired) electrons. The number of rotatable bonds is 6. The van der Waals surface area contributed by atoms with Crippen LogP contribution in [0.25, 0.3) is 0 Å². The van der Waals surface area contributed by atoms with Gasteiger partial charge >= 0.3 is 6.18 Å². The molecule has 9 heteroatoms. The van der Waals surface area contributed by atoms with Crippen LogP contribution < -0.4 is 15.4 Å². The number of amides is 1. The van der Waals surface area contributed by atoms with E-state index in [1.54, 1.807) is 7.05 Å². The number of nitrogens with zero attached hydrogens (tertiary/aromatic N) is 2. The van der Waals surface area contributed by atoms with Gasteiger partial charge in [-0.25, -0.2) is 0 Å². The van der Waals surface area contributed by atoms with Gasteiger partial charge in [0.25, 0.3) is 0 Å². The zero-order valence-electron chi connectivity index (χ0n) is 17.1. The summed E-state index contributed by atoms with van der Waals surface area (Å²) in [6.45, 7) is 5.55. The molecule has 0 aliphatic carbocycles. The molecular weight excluding hydrogens is 385 g/mol. The molecule has 29 heavy (non-hydrogen) atoms. The number of carbonyl (C=O) groups is 1. The first-order chi connectivity index (χ1) is 13.7. The molecule has 1 saturated heterocycles. The quantitative estimate of drug-likeness (QED) is 0.427. The van der Waals surface area contributed by atoms with Gasteiger partial charge in [0.15, 0.2) is 5.96 Å². The lowest BCUT2D eigenvalue weighted by Crippen LogP contribution is -2.50. The zero-order valence-corrected chi connectivity index (χ0v) is 17.1. The van der Waals surface area contributed by atoms with Crippen LogP contribution in [0.3, 0.4) is 0 Å². The van der Waals surface area contributed by atoms with Gasteiger partial charge in [-0.2, -0.15) is 13.2 Å².